The molecule has 0 bridgehead atoms. The first-order valence-electron chi connectivity index (χ1n) is 9.59. The molecule has 0 N–H and O–H groups in total. The maximum atomic E-state index is 12.0. The van der Waals surface area contributed by atoms with Gasteiger partial charge in [0.05, 0.1) is 5.69 Å². The monoisotopic (exact) mass is 391 g/mol. The van der Waals surface area contributed by atoms with Crippen LogP contribution >= 0.6 is 11.3 Å². The molecule has 1 aromatic carbocycles. The van der Waals surface area contributed by atoms with Gasteiger partial charge < -0.3 is 8.98 Å². The molecule has 5 rings (SSSR count). The van der Waals surface area contributed by atoms with Crippen molar-refractivity contribution < 1.29 is 4.42 Å². The van der Waals surface area contributed by atoms with Crippen molar-refractivity contribution in [3.8, 4) is 10.8 Å². The average molecular weight is 391 g/mol. The van der Waals surface area contributed by atoms with Crippen LogP contribution in [0.25, 0.3) is 21.7 Å². The molecular weight excluding hydrogens is 370 g/mol. The van der Waals surface area contributed by atoms with Crippen molar-refractivity contribution in [1.82, 2.24) is 14.5 Å². The number of fused-ring (bicyclic) bond motifs is 1. The highest BCUT2D eigenvalue weighted by Crippen LogP contribution is 2.30. The van der Waals surface area contributed by atoms with Crippen LogP contribution in [0.1, 0.15) is 24.6 Å². The number of pyridine rings is 1. The van der Waals surface area contributed by atoms with Crippen molar-refractivity contribution in [3.05, 3.63) is 76.2 Å². The molecule has 0 radical (unpaired) electrons. The Bertz CT molecular complexity index is 1120. The summed E-state index contributed by atoms with van der Waals surface area (Å²) in [6.07, 6.45) is 3.89. The summed E-state index contributed by atoms with van der Waals surface area (Å²) in [5.41, 5.74) is 2.07. The third-order valence-electron chi connectivity index (χ3n) is 5.38. The Morgan fingerprint density at radius 3 is 2.75 bits per heavy atom. The van der Waals surface area contributed by atoms with E-state index in [2.05, 4.69) is 22.4 Å². The second-order valence-electron chi connectivity index (χ2n) is 7.25. The summed E-state index contributed by atoms with van der Waals surface area (Å²) < 4.78 is 7.81. The second-order valence-corrected chi connectivity index (χ2v) is 8.10. The van der Waals surface area contributed by atoms with Crippen LogP contribution in [0.5, 0.6) is 0 Å². The third kappa shape index (κ3) is 3.41. The van der Waals surface area contributed by atoms with Gasteiger partial charge in [0.25, 0.3) is 5.56 Å². The van der Waals surface area contributed by atoms with Crippen molar-refractivity contribution in [1.29, 1.82) is 0 Å². The minimum atomic E-state index is 0.0935. The largest absolute Gasteiger partial charge is 0.454 e. The van der Waals surface area contributed by atoms with E-state index in [-0.39, 0.29) is 5.56 Å². The van der Waals surface area contributed by atoms with E-state index in [1.807, 2.05) is 35.0 Å². The van der Waals surface area contributed by atoms with E-state index in [0.29, 0.717) is 6.04 Å². The zero-order valence-corrected chi connectivity index (χ0v) is 16.3. The van der Waals surface area contributed by atoms with E-state index in [0.717, 1.165) is 59.9 Å². The molecule has 4 heterocycles. The molecule has 5 nitrogen and oxygen atoms in total. The predicted molar refractivity (Wildman–Crippen MR) is 112 cm³/mol. The van der Waals surface area contributed by atoms with Gasteiger partial charge in [0.15, 0.2) is 10.8 Å². The molecule has 6 heteroatoms. The molecule has 0 unspecified atom stereocenters. The highest BCUT2D eigenvalue weighted by Gasteiger charge is 2.22. The number of aromatic nitrogens is 2. The van der Waals surface area contributed by atoms with Gasteiger partial charge in [-0.05, 0) is 31.0 Å². The minimum absolute atomic E-state index is 0.0935. The first kappa shape index (κ1) is 17.4. The smallest absolute Gasteiger partial charge is 0.250 e. The molecule has 28 heavy (non-hydrogen) atoms. The number of likely N-dealkylation sites (tertiary alicyclic amines) is 1. The van der Waals surface area contributed by atoms with Crippen molar-refractivity contribution in [2.45, 2.75) is 25.4 Å². The highest BCUT2D eigenvalue weighted by atomic mass is 32.1. The Labute approximate surface area is 166 Å². The van der Waals surface area contributed by atoms with Gasteiger partial charge in [0, 0.05) is 48.7 Å². The lowest BCUT2D eigenvalue weighted by atomic mass is 10.0. The summed E-state index contributed by atoms with van der Waals surface area (Å²) in [5, 5.41) is 4.15. The zero-order chi connectivity index (χ0) is 18.9. The van der Waals surface area contributed by atoms with Crippen LogP contribution in [0.2, 0.25) is 0 Å². The zero-order valence-electron chi connectivity index (χ0n) is 15.5. The van der Waals surface area contributed by atoms with Gasteiger partial charge in [-0.1, -0.05) is 24.3 Å². The topological polar surface area (TPSA) is 51.3 Å². The number of nitrogens with zero attached hydrogens (tertiary/aromatic N) is 3. The Morgan fingerprint density at radius 1 is 1.11 bits per heavy atom. The summed E-state index contributed by atoms with van der Waals surface area (Å²) in [4.78, 5) is 19.2. The Kier molecular flexibility index (Phi) is 4.58. The second kappa shape index (κ2) is 7.37. The normalized spacial score (nSPS) is 16.0. The van der Waals surface area contributed by atoms with E-state index in [1.54, 1.807) is 23.5 Å². The lowest BCUT2D eigenvalue weighted by Gasteiger charge is -2.32. The minimum Gasteiger partial charge on any atom is -0.454 e. The van der Waals surface area contributed by atoms with Gasteiger partial charge in [-0.2, -0.15) is 0 Å². The van der Waals surface area contributed by atoms with Gasteiger partial charge in [-0.25, -0.2) is 4.98 Å². The summed E-state index contributed by atoms with van der Waals surface area (Å²) in [5.74, 6) is 0.833. The molecule has 1 aliphatic rings. The molecule has 0 amide bonds. The van der Waals surface area contributed by atoms with Crippen LogP contribution in [0, 0.1) is 0 Å². The number of para-hydroxylation sites is 1. The molecule has 142 valence electrons. The number of benzene rings is 1. The van der Waals surface area contributed by atoms with E-state index in [4.69, 9.17) is 9.40 Å². The number of furan rings is 1. The van der Waals surface area contributed by atoms with Crippen LogP contribution < -0.4 is 5.56 Å². The average Bonchev–Trinajstić information content (AvgIpc) is 3.36. The molecule has 0 saturated carbocycles. The van der Waals surface area contributed by atoms with Crippen molar-refractivity contribution in [3.63, 3.8) is 0 Å². The first-order valence-corrected chi connectivity index (χ1v) is 10.5. The van der Waals surface area contributed by atoms with E-state index < -0.39 is 0 Å². The van der Waals surface area contributed by atoms with Crippen LogP contribution in [0.4, 0.5) is 0 Å². The molecule has 1 saturated heterocycles. The lowest BCUT2D eigenvalue weighted by Crippen LogP contribution is -2.36. The van der Waals surface area contributed by atoms with Crippen molar-refractivity contribution >= 4 is 22.3 Å². The van der Waals surface area contributed by atoms with E-state index in [9.17, 15) is 4.79 Å². The quantitative estimate of drug-likeness (QED) is 0.512. The van der Waals surface area contributed by atoms with E-state index >= 15 is 0 Å². The first-order chi connectivity index (χ1) is 13.8. The van der Waals surface area contributed by atoms with Gasteiger partial charge in [0.1, 0.15) is 5.58 Å². The lowest BCUT2D eigenvalue weighted by molar-refractivity contribution is 0.176. The third-order valence-corrected chi connectivity index (χ3v) is 6.28. The summed E-state index contributed by atoms with van der Waals surface area (Å²) in [7, 11) is 0. The molecule has 0 atom stereocenters. The Morgan fingerprint density at radius 2 is 1.93 bits per heavy atom. The molecule has 1 fully saturated rings. The van der Waals surface area contributed by atoms with Gasteiger partial charge >= 0.3 is 0 Å². The fraction of sp³-hybridized carbons (Fsp3) is 0.273. The number of hydrogen-bond acceptors (Lipinski definition) is 5. The molecule has 4 aromatic rings. The van der Waals surface area contributed by atoms with Crippen LogP contribution in [0.15, 0.2) is 69.3 Å². The van der Waals surface area contributed by atoms with Gasteiger partial charge in [0.2, 0.25) is 0 Å². The SMILES string of the molecule is O=c1ccccn1C1CCN(Cc2csc(-c3cc4ccccc4o3)n2)CC1. The molecule has 0 aliphatic carbocycles. The van der Waals surface area contributed by atoms with Crippen molar-refractivity contribution in [2.75, 3.05) is 13.1 Å². The highest BCUT2D eigenvalue weighted by molar-refractivity contribution is 7.13. The maximum absolute atomic E-state index is 12.0. The molecular formula is C22H21N3O2S. The fourth-order valence-electron chi connectivity index (χ4n) is 3.91. The van der Waals surface area contributed by atoms with Crippen LogP contribution in [-0.2, 0) is 6.54 Å². The molecule has 0 spiro atoms. The number of piperidine rings is 1. The Hall–Kier alpha value is -2.70. The Balaban J connectivity index is 1.24. The number of thiazole rings is 1. The standard InChI is InChI=1S/C22H21N3O2S/c26-21-7-3-4-10-25(21)18-8-11-24(12-9-18)14-17-15-28-22(23-17)20-13-16-5-1-2-6-19(16)27-20/h1-7,10,13,15,18H,8-9,11-12,14H2. The van der Waals surface area contributed by atoms with Crippen LogP contribution in [-0.4, -0.2) is 27.5 Å². The maximum Gasteiger partial charge on any atom is 0.250 e. The van der Waals surface area contributed by atoms with Gasteiger partial charge in [-0.3, -0.25) is 9.69 Å². The number of rotatable bonds is 4. The fourth-order valence-corrected chi connectivity index (χ4v) is 4.67. The molecule has 1 aliphatic heterocycles. The van der Waals surface area contributed by atoms with Gasteiger partial charge in [-0.15, -0.1) is 11.3 Å². The number of hydrogen-bond donors (Lipinski definition) is 0. The summed E-state index contributed by atoms with van der Waals surface area (Å²) in [6.45, 7) is 2.79. The summed E-state index contributed by atoms with van der Waals surface area (Å²) in [6, 6.07) is 15.8. The van der Waals surface area contributed by atoms with E-state index in [1.165, 1.54) is 0 Å². The predicted octanol–water partition coefficient (Wildman–Crippen LogP) is 4.56. The summed E-state index contributed by atoms with van der Waals surface area (Å²) >= 11 is 1.63. The van der Waals surface area contributed by atoms with Crippen molar-refractivity contribution in [2.24, 2.45) is 0 Å². The molecule has 3 aromatic heterocycles. The van der Waals surface area contributed by atoms with Crippen LogP contribution in [0.3, 0.4) is 0 Å².